The Kier molecular flexibility index (Phi) is 4.04. The summed E-state index contributed by atoms with van der Waals surface area (Å²) in [5, 5.41) is 0. The number of benzene rings is 1. The average Bonchev–Trinajstić information content (AvgIpc) is 2.66. The molecule has 0 aliphatic rings. The molecule has 0 spiro atoms. The van der Waals surface area contributed by atoms with E-state index in [4.69, 9.17) is 11.6 Å². The van der Waals surface area contributed by atoms with Gasteiger partial charge in [0.1, 0.15) is 5.82 Å². The van der Waals surface area contributed by atoms with Crippen molar-refractivity contribution >= 4 is 32.8 Å². The summed E-state index contributed by atoms with van der Waals surface area (Å²) < 4.78 is 37.1. The molecule has 0 N–H and O–H groups in total. The standard InChI is InChI=1S/C12H10ClFO2S2/c13-12-6-5-11(17-12)8-18(15,16)7-9-1-3-10(14)4-2-9/h1-6H,7-8H2. The predicted molar refractivity (Wildman–Crippen MR) is 72.1 cm³/mol. The molecule has 0 bridgehead atoms. The van der Waals surface area contributed by atoms with Crippen LogP contribution in [0.2, 0.25) is 4.34 Å². The summed E-state index contributed by atoms with van der Waals surface area (Å²) in [5.74, 6) is -0.508. The summed E-state index contributed by atoms with van der Waals surface area (Å²) in [6, 6.07) is 8.85. The molecule has 0 fully saturated rings. The Bertz CT molecular complexity index is 632. The third-order valence-electron chi connectivity index (χ3n) is 2.29. The molecule has 2 nitrogen and oxygen atoms in total. The molecule has 96 valence electrons. The van der Waals surface area contributed by atoms with Crippen molar-refractivity contribution in [2.24, 2.45) is 0 Å². The molecule has 18 heavy (non-hydrogen) atoms. The van der Waals surface area contributed by atoms with Crippen LogP contribution in [-0.2, 0) is 21.3 Å². The Morgan fingerprint density at radius 2 is 1.72 bits per heavy atom. The van der Waals surface area contributed by atoms with Crippen LogP contribution in [0.3, 0.4) is 0 Å². The molecule has 1 aromatic heterocycles. The van der Waals surface area contributed by atoms with Gasteiger partial charge in [0.05, 0.1) is 15.8 Å². The van der Waals surface area contributed by atoms with E-state index in [0.717, 1.165) is 0 Å². The first-order chi connectivity index (χ1) is 8.44. The zero-order valence-corrected chi connectivity index (χ0v) is 11.7. The molecule has 0 saturated heterocycles. The quantitative estimate of drug-likeness (QED) is 0.864. The van der Waals surface area contributed by atoms with Crippen LogP contribution >= 0.6 is 22.9 Å². The lowest BCUT2D eigenvalue weighted by atomic mass is 10.2. The van der Waals surface area contributed by atoms with Crippen LogP contribution in [0.1, 0.15) is 10.4 Å². The molecule has 0 amide bonds. The molecule has 1 aromatic carbocycles. The number of hydrogen-bond donors (Lipinski definition) is 0. The molecular weight excluding hydrogens is 295 g/mol. The van der Waals surface area contributed by atoms with Gasteiger partial charge in [-0.05, 0) is 29.8 Å². The number of rotatable bonds is 4. The number of thiophene rings is 1. The van der Waals surface area contributed by atoms with Gasteiger partial charge < -0.3 is 0 Å². The SMILES string of the molecule is O=S(=O)(Cc1ccc(F)cc1)Cc1ccc(Cl)s1. The van der Waals surface area contributed by atoms with E-state index in [1.807, 2.05) is 0 Å². The fourth-order valence-corrected chi connectivity index (χ4v) is 4.52. The van der Waals surface area contributed by atoms with Gasteiger partial charge in [-0.25, -0.2) is 12.8 Å². The van der Waals surface area contributed by atoms with Crippen molar-refractivity contribution < 1.29 is 12.8 Å². The van der Waals surface area contributed by atoms with Gasteiger partial charge in [0.25, 0.3) is 0 Å². The molecule has 0 unspecified atom stereocenters. The van der Waals surface area contributed by atoms with Crippen molar-refractivity contribution in [3.05, 3.63) is 57.0 Å². The Balaban J connectivity index is 2.10. The zero-order valence-electron chi connectivity index (χ0n) is 9.27. The van der Waals surface area contributed by atoms with Gasteiger partial charge in [0.15, 0.2) is 9.84 Å². The lowest BCUT2D eigenvalue weighted by Crippen LogP contribution is -2.06. The third kappa shape index (κ3) is 3.80. The number of halogens is 2. The van der Waals surface area contributed by atoms with Crippen LogP contribution in [0.25, 0.3) is 0 Å². The van der Waals surface area contributed by atoms with Gasteiger partial charge in [-0.2, -0.15) is 0 Å². The molecule has 2 aromatic rings. The summed E-state index contributed by atoms with van der Waals surface area (Å²) in [4.78, 5) is 0.710. The lowest BCUT2D eigenvalue weighted by Gasteiger charge is -2.03. The third-order valence-corrected chi connectivity index (χ3v) is 5.23. The van der Waals surface area contributed by atoms with Gasteiger partial charge in [-0.15, -0.1) is 11.3 Å². The van der Waals surface area contributed by atoms with Crippen molar-refractivity contribution in [2.45, 2.75) is 11.5 Å². The zero-order chi connectivity index (χ0) is 13.2. The summed E-state index contributed by atoms with van der Waals surface area (Å²) in [7, 11) is -3.26. The highest BCUT2D eigenvalue weighted by Crippen LogP contribution is 2.24. The molecular formula is C12H10ClFO2S2. The molecule has 0 atom stereocenters. The fourth-order valence-electron chi connectivity index (χ4n) is 1.53. The smallest absolute Gasteiger partial charge is 0.159 e. The van der Waals surface area contributed by atoms with E-state index in [2.05, 4.69) is 0 Å². The molecule has 1 heterocycles. The Morgan fingerprint density at radius 1 is 1.06 bits per heavy atom. The maximum Gasteiger partial charge on any atom is 0.159 e. The van der Waals surface area contributed by atoms with Crippen LogP contribution in [0.5, 0.6) is 0 Å². The molecule has 0 aliphatic carbocycles. The minimum absolute atomic E-state index is 0.0399. The van der Waals surface area contributed by atoms with Crippen LogP contribution in [-0.4, -0.2) is 8.42 Å². The number of sulfone groups is 1. The average molecular weight is 305 g/mol. The van der Waals surface area contributed by atoms with Crippen molar-refractivity contribution in [3.8, 4) is 0 Å². The predicted octanol–water partition coefficient (Wildman–Crippen LogP) is 3.66. The highest BCUT2D eigenvalue weighted by molar-refractivity contribution is 7.90. The van der Waals surface area contributed by atoms with Crippen molar-refractivity contribution in [1.29, 1.82) is 0 Å². The van der Waals surface area contributed by atoms with Crippen LogP contribution in [0.15, 0.2) is 36.4 Å². The second kappa shape index (κ2) is 5.38. The Labute approximate surface area is 114 Å². The lowest BCUT2D eigenvalue weighted by molar-refractivity contribution is 0.594. The molecule has 0 saturated carbocycles. The second-order valence-corrected chi connectivity index (χ2v) is 7.73. The Morgan fingerprint density at radius 3 is 2.28 bits per heavy atom. The highest BCUT2D eigenvalue weighted by atomic mass is 35.5. The molecule has 2 rings (SSSR count). The van der Waals surface area contributed by atoms with Gasteiger partial charge >= 0.3 is 0 Å². The van der Waals surface area contributed by atoms with Crippen molar-refractivity contribution in [3.63, 3.8) is 0 Å². The van der Waals surface area contributed by atoms with E-state index in [-0.39, 0.29) is 17.3 Å². The van der Waals surface area contributed by atoms with E-state index >= 15 is 0 Å². The van der Waals surface area contributed by atoms with Crippen LogP contribution in [0, 0.1) is 5.82 Å². The second-order valence-electron chi connectivity index (χ2n) is 3.86. The summed E-state index contributed by atoms with van der Waals surface area (Å²) in [6.07, 6.45) is 0. The van der Waals surface area contributed by atoms with Crippen LogP contribution < -0.4 is 0 Å². The molecule has 6 heteroatoms. The monoisotopic (exact) mass is 304 g/mol. The van der Waals surface area contributed by atoms with E-state index in [1.165, 1.54) is 35.6 Å². The van der Waals surface area contributed by atoms with Crippen molar-refractivity contribution in [1.82, 2.24) is 0 Å². The van der Waals surface area contributed by atoms with Crippen LogP contribution in [0.4, 0.5) is 4.39 Å². The summed E-state index contributed by atoms with van der Waals surface area (Å²) in [6.45, 7) is 0. The largest absolute Gasteiger partial charge is 0.228 e. The topological polar surface area (TPSA) is 34.1 Å². The fraction of sp³-hybridized carbons (Fsp3) is 0.167. The van der Waals surface area contributed by atoms with Gasteiger partial charge in [-0.3, -0.25) is 0 Å². The van der Waals surface area contributed by atoms with Crippen molar-refractivity contribution in [2.75, 3.05) is 0 Å². The van der Waals surface area contributed by atoms with E-state index in [9.17, 15) is 12.8 Å². The Hall–Kier alpha value is -0.910. The molecule has 0 radical (unpaired) electrons. The highest BCUT2D eigenvalue weighted by Gasteiger charge is 2.14. The first kappa shape index (κ1) is 13.5. The van der Waals surface area contributed by atoms with Gasteiger partial charge in [0.2, 0.25) is 0 Å². The minimum atomic E-state index is -3.26. The maximum atomic E-state index is 12.7. The van der Waals surface area contributed by atoms with Gasteiger partial charge in [0, 0.05) is 4.88 Å². The van der Waals surface area contributed by atoms with E-state index in [0.29, 0.717) is 14.8 Å². The summed E-state index contributed by atoms with van der Waals surface area (Å²) >= 11 is 7.00. The maximum absolute atomic E-state index is 12.7. The first-order valence-electron chi connectivity index (χ1n) is 5.14. The normalized spacial score (nSPS) is 11.7. The first-order valence-corrected chi connectivity index (χ1v) is 8.15. The molecule has 0 aliphatic heterocycles. The summed E-state index contributed by atoms with van der Waals surface area (Å²) in [5.41, 5.74) is 0.582. The minimum Gasteiger partial charge on any atom is -0.228 e. The van der Waals surface area contributed by atoms with Gasteiger partial charge in [-0.1, -0.05) is 23.7 Å². The van der Waals surface area contributed by atoms with E-state index < -0.39 is 9.84 Å². The number of hydrogen-bond acceptors (Lipinski definition) is 3. The van der Waals surface area contributed by atoms with E-state index in [1.54, 1.807) is 12.1 Å².